The number of carbonyl (C=O) groups excluding carboxylic acids is 2. The third kappa shape index (κ3) is 9.17. The zero-order chi connectivity index (χ0) is 35.4. The van der Waals surface area contributed by atoms with E-state index in [9.17, 15) is 45.1 Å². The number of aliphatic hydroxyl groups is 1. The summed E-state index contributed by atoms with van der Waals surface area (Å²) in [5, 5.41) is 17.6. The molecule has 2 amide bonds. The molecule has 48 heavy (non-hydrogen) atoms. The van der Waals surface area contributed by atoms with Gasteiger partial charge in [-0.2, -0.15) is 23.0 Å². The van der Waals surface area contributed by atoms with E-state index >= 15 is 0 Å². The smallest absolute Gasteiger partial charge is 0.390 e. The van der Waals surface area contributed by atoms with E-state index in [1.807, 2.05) is 0 Å². The largest absolute Gasteiger partial charge is 0.416 e. The van der Waals surface area contributed by atoms with Gasteiger partial charge in [-0.3, -0.25) is 4.79 Å². The van der Waals surface area contributed by atoms with Crippen LogP contribution in [-0.4, -0.2) is 76.4 Å². The lowest BCUT2D eigenvalue weighted by Gasteiger charge is -2.38. The zero-order valence-corrected chi connectivity index (χ0v) is 27.2. The van der Waals surface area contributed by atoms with Crippen molar-refractivity contribution in [3.8, 4) is 0 Å². The van der Waals surface area contributed by atoms with E-state index in [2.05, 4.69) is 10.4 Å². The number of benzene rings is 2. The van der Waals surface area contributed by atoms with Crippen LogP contribution < -0.4 is 11.1 Å². The summed E-state index contributed by atoms with van der Waals surface area (Å²) >= 11 is 0. The Hall–Kier alpha value is -3.89. The Bertz CT molecular complexity index is 1710. The van der Waals surface area contributed by atoms with Gasteiger partial charge < -0.3 is 21.1 Å². The van der Waals surface area contributed by atoms with Gasteiger partial charge in [-0.05, 0) is 73.6 Å². The number of aryl methyl sites for hydroxylation is 1. The van der Waals surface area contributed by atoms with Crippen molar-refractivity contribution in [2.75, 3.05) is 18.1 Å². The highest BCUT2D eigenvalue weighted by molar-refractivity contribution is 7.91. The van der Waals surface area contributed by atoms with Gasteiger partial charge in [0, 0.05) is 24.8 Å². The fourth-order valence-corrected chi connectivity index (χ4v) is 7.19. The van der Waals surface area contributed by atoms with Crippen LogP contribution in [0.5, 0.6) is 0 Å². The number of halogens is 5. The number of aliphatic hydroxyl groups excluding tert-OH is 1. The van der Waals surface area contributed by atoms with Crippen molar-refractivity contribution in [1.29, 1.82) is 0 Å². The molecule has 262 valence electrons. The number of alkyl halides is 3. The maximum atomic E-state index is 14.5. The van der Waals surface area contributed by atoms with E-state index in [0.717, 1.165) is 33.8 Å². The van der Waals surface area contributed by atoms with Gasteiger partial charge in [0.15, 0.2) is 9.84 Å². The maximum absolute atomic E-state index is 14.5. The SMILES string of the molecule is CCCCS(=O)(=O)C[C@@H](NC(=O)n1cc(C)cn1)C(=O)N(C[C@@H](O)[C@@H](N)Cc1cc(F)cc(F)c1)C1(c2cccc(C(F)(F)F)c2)CC1. The first-order chi connectivity index (χ1) is 22.4. The summed E-state index contributed by atoms with van der Waals surface area (Å²) in [5.41, 5.74) is 4.61. The molecule has 3 aromatic rings. The van der Waals surface area contributed by atoms with E-state index in [4.69, 9.17) is 5.73 Å². The number of hydrogen-bond donors (Lipinski definition) is 3. The number of nitrogens with one attached hydrogen (secondary N) is 1. The van der Waals surface area contributed by atoms with Crippen molar-refractivity contribution in [1.82, 2.24) is 20.0 Å². The summed E-state index contributed by atoms with van der Waals surface area (Å²) in [4.78, 5) is 28.7. The Labute approximate surface area is 275 Å². The van der Waals surface area contributed by atoms with Crippen LogP contribution >= 0.6 is 0 Å². The standard InChI is InChI=1S/C32H38F5N5O5S/c1-3-4-10-48(46,47)19-27(40-30(45)42-17-20(2)16-39-42)29(44)41(18-28(43)26(38)13-21-11-24(33)15-25(34)12-21)31(8-9-31)22-6-5-7-23(14-22)32(35,36)37/h5-7,11-12,14-17,26-28,43H,3-4,8-10,13,18-19,38H2,1-2H3,(H,40,45)/t26-,27+,28+/m0/s1. The summed E-state index contributed by atoms with van der Waals surface area (Å²) in [6, 6.07) is 3.14. The summed E-state index contributed by atoms with van der Waals surface area (Å²) in [5.74, 6) is -3.86. The Morgan fingerprint density at radius 1 is 1.15 bits per heavy atom. The van der Waals surface area contributed by atoms with Gasteiger partial charge in [-0.1, -0.05) is 25.5 Å². The van der Waals surface area contributed by atoms with Gasteiger partial charge in [0.1, 0.15) is 17.7 Å². The molecule has 3 atom stereocenters. The third-order valence-electron chi connectivity index (χ3n) is 8.24. The molecule has 4 N–H and O–H groups in total. The number of sulfone groups is 1. The molecule has 0 bridgehead atoms. The van der Waals surface area contributed by atoms with Crippen molar-refractivity contribution in [3.63, 3.8) is 0 Å². The van der Waals surface area contributed by atoms with E-state index in [0.29, 0.717) is 18.1 Å². The van der Waals surface area contributed by atoms with Crippen molar-refractivity contribution in [3.05, 3.63) is 88.7 Å². The first-order valence-corrected chi connectivity index (χ1v) is 17.2. The first-order valence-electron chi connectivity index (χ1n) is 15.3. The topological polar surface area (TPSA) is 148 Å². The zero-order valence-electron chi connectivity index (χ0n) is 26.4. The second-order valence-electron chi connectivity index (χ2n) is 12.2. The third-order valence-corrected chi connectivity index (χ3v) is 9.99. The van der Waals surface area contributed by atoms with Gasteiger partial charge in [0.25, 0.3) is 0 Å². The minimum Gasteiger partial charge on any atom is -0.390 e. The molecular weight excluding hydrogens is 661 g/mol. The molecule has 1 aliphatic rings. The fraction of sp³-hybridized carbons (Fsp3) is 0.469. The second-order valence-corrected chi connectivity index (χ2v) is 14.4. The second kappa shape index (κ2) is 14.7. The van der Waals surface area contributed by atoms with E-state index in [-0.39, 0.29) is 42.6 Å². The summed E-state index contributed by atoms with van der Waals surface area (Å²) in [7, 11) is -3.95. The highest BCUT2D eigenvalue weighted by Gasteiger charge is 2.54. The molecule has 1 aliphatic carbocycles. The molecule has 10 nitrogen and oxygen atoms in total. The summed E-state index contributed by atoms with van der Waals surface area (Å²) in [6.07, 6.45) is -2.71. The van der Waals surface area contributed by atoms with Crippen molar-refractivity contribution in [2.45, 2.75) is 75.9 Å². The highest BCUT2D eigenvalue weighted by Crippen LogP contribution is 2.52. The molecule has 4 rings (SSSR count). The van der Waals surface area contributed by atoms with Crippen LogP contribution in [0.3, 0.4) is 0 Å². The average Bonchev–Trinajstić information content (AvgIpc) is 3.69. The highest BCUT2D eigenvalue weighted by atomic mass is 32.2. The number of aromatic nitrogens is 2. The van der Waals surface area contributed by atoms with E-state index in [1.165, 1.54) is 24.5 Å². The molecule has 1 heterocycles. The molecule has 2 aromatic carbocycles. The van der Waals surface area contributed by atoms with Crippen LogP contribution in [0.15, 0.2) is 54.9 Å². The van der Waals surface area contributed by atoms with Crippen LogP contribution in [-0.2, 0) is 32.8 Å². The predicted molar refractivity (Wildman–Crippen MR) is 166 cm³/mol. The van der Waals surface area contributed by atoms with Crippen LogP contribution in [0.25, 0.3) is 0 Å². The normalized spacial score (nSPS) is 16.2. The monoisotopic (exact) mass is 699 g/mol. The van der Waals surface area contributed by atoms with Gasteiger partial charge >= 0.3 is 12.2 Å². The summed E-state index contributed by atoms with van der Waals surface area (Å²) < 4.78 is 96.0. The lowest BCUT2D eigenvalue weighted by Crippen LogP contribution is -2.58. The number of nitrogens with two attached hydrogens (primary N) is 1. The molecule has 1 fully saturated rings. The van der Waals surface area contributed by atoms with Crippen LogP contribution in [0.1, 0.15) is 54.9 Å². The quantitative estimate of drug-likeness (QED) is 0.215. The summed E-state index contributed by atoms with van der Waals surface area (Å²) in [6.45, 7) is 2.83. The maximum Gasteiger partial charge on any atom is 0.416 e. The van der Waals surface area contributed by atoms with Gasteiger partial charge in [0.2, 0.25) is 5.91 Å². The van der Waals surface area contributed by atoms with Crippen molar-refractivity contribution in [2.24, 2.45) is 5.73 Å². The van der Waals surface area contributed by atoms with Gasteiger partial charge in [0.05, 0.1) is 34.9 Å². The number of carbonyl (C=O) groups is 2. The Balaban J connectivity index is 1.73. The average molecular weight is 700 g/mol. The Kier molecular flexibility index (Phi) is 11.3. The van der Waals surface area contributed by atoms with Crippen molar-refractivity contribution < 1.29 is 45.1 Å². The van der Waals surface area contributed by atoms with Crippen LogP contribution in [0.4, 0.5) is 26.7 Å². The Morgan fingerprint density at radius 2 is 1.81 bits per heavy atom. The lowest BCUT2D eigenvalue weighted by molar-refractivity contribution is -0.138. The number of rotatable bonds is 14. The van der Waals surface area contributed by atoms with Crippen molar-refractivity contribution >= 4 is 21.8 Å². The number of amides is 2. The Morgan fingerprint density at radius 3 is 2.38 bits per heavy atom. The van der Waals surface area contributed by atoms with Crippen LogP contribution in [0.2, 0.25) is 0 Å². The fourth-order valence-electron chi connectivity index (χ4n) is 5.56. The number of unbranched alkanes of at least 4 members (excludes halogenated alkanes) is 1. The van der Waals surface area contributed by atoms with Gasteiger partial charge in [-0.15, -0.1) is 0 Å². The minimum atomic E-state index is -4.71. The molecule has 0 unspecified atom stereocenters. The lowest BCUT2D eigenvalue weighted by atomic mass is 9.96. The number of hydrogen-bond acceptors (Lipinski definition) is 7. The minimum absolute atomic E-state index is 0.0836. The van der Waals surface area contributed by atoms with E-state index < -0.39 is 81.2 Å². The molecule has 0 radical (unpaired) electrons. The molecule has 1 aromatic heterocycles. The van der Waals surface area contributed by atoms with Gasteiger partial charge in [-0.25, -0.2) is 22.0 Å². The molecule has 0 aliphatic heterocycles. The number of nitrogens with zero attached hydrogens (tertiary/aromatic N) is 3. The molecule has 0 saturated heterocycles. The predicted octanol–water partition coefficient (Wildman–Crippen LogP) is 4.08. The molecule has 16 heteroatoms. The molecule has 0 spiro atoms. The first kappa shape index (κ1) is 36.9. The van der Waals surface area contributed by atoms with E-state index in [1.54, 1.807) is 13.8 Å². The van der Waals surface area contributed by atoms with Crippen LogP contribution in [0, 0.1) is 18.6 Å². The molecular formula is C32H38F5N5O5S. The molecule has 1 saturated carbocycles.